The summed E-state index contributed by atoms with van der Waals surface area (Å²) in [6, 6.07) is 9.97. The van der Waals surface area contributed by atoms with E-state index >= 15 is 0 Å². The molecule has 0 aliphatic carbocycles. The number of aromatic nitrogens is 2. The maximum atomic E-state index is 13.7. The molecule has 0 saturated carbocycles. The van der Waals surface area contributed by atoms with E-state index in [9.17, 15) is 9.59 Å². The first-order chi connectivity index (χ1) is 15.2. The van der Waals surface area contributed by atoms with Gasteiger partial charge in [0.05, 0.1) is 17.7 Å². The number of nitrogens with zero attached hydrogens (tertiary/aromatic N) is 3. The molecule has 3 heterocycles. The third-order valence-corrected chi connectivity index (χ3v) is 7.14. The van der Waals surface area contributed by atoms with E-state index < -0.39 is 5.41 Å². The van der Waals surface area contributed by atoms with Crippen molar-refractivity contribution < 1.29 is 9.59 Å². The summed E-state index contributed by atoms with van der Waals surface area (Å²) >= 11 is 0. The fourth-order valence-electron chi connectivity index (χ4n) is 5.64. The molecule has 3 atom stereocenters. The SMILES string of the molecule is CNC(=O)[C@@]1(CC=C(C)C)C[C@H]2CC[C@@H]1N2C(=O)c1cccc(Cn2nc(C)cc2C)c1. The average molecular weight is 435 g/mol. The third-order valence-electron chi connectivity index (χ3n) is 7.14. The van der Waals surface area contributed by atoms with Gasteiger partial charge in [-0.3, -0.25) is 14.3 Å². The van der Waals surface area contributed by atoms with Gasteiger partial charge in [-0.25, -0.2) is 0 Å². The van der Waals surface area contributed by atoms with Gasteiger partial charge < -0.3 is 10.2 Å². The van der Waals surface area contributed by atoms with E-state index in [1.165, 1.54) is 5.57 Å². The van der Waals surface area contributed by atoms with Gasteiger partial charge in [0.15, 0.2) is 0 Å². The Balaban J connectivity index is 1.60. The molecule has 1 aromatic carbocycles. The predicted octanol–water partition coefficient (Wildman–Crippen LogP) is 4.01. The lowest BCUT2D eigenvalue weighted by Gasteiger charge is -2.35. The van der Waals surface area contributed by atoms with Gasteiger partial charge in [-0.2, -0.15) is 5.10 Å². The summed E-state index contributed by atoms with van der Waals surface area (Å²) in [5.41, 5.74) is 4.50. The molecule has 2 bridgehead atoms. The van der Waals surface area contributed by atoms with E-state index in [-0.39, 0.29) is 23.9 Å². The third kappa shape index (κ3) is 3.87. The maximum absolute atomic E-state index is 13.7. The first kappa shape index (κ1) is 22.3. The van der Waals surface area contributed by atoms with Gasteiger partial charge in [-0.15, -0.1) is 0 Å². The van der Waals surface area contributed by atoms with Gasteiger partial charge in [-0.1, -0.05) is 23.8 Å². The number of carbonyl (C=O) groups is 2. The highest BCUT2D eigenvalue weighted by molar-refractivity contribution is 5.96. The number of carbonyl (C=O) groups excluding carboxylic acids is 2. The van der Waals surface area contributed by atoms with Crippen molar-refractivity contribution in [1.82, 2.24) is 20.0 Å². The number of amides is 2. The van der Waals surface area contributed by atoms with Crippen LogP contribution in [-0.4, -0.2) is 45.6 Å². The number of allylic oxidation sites excluding steroid dienone is 2. The van der Waals surface area contributed by atoms with E-state index in [0.717, 1.165) is 36.2 Å². The maximum Gasteiger partial charge on any atom is 0.254 e. The van der Waals surface area contributed by atoms with Crippen molar-refractivity contribution in [3.8, 4) is 0 Å². The molecule has 0 spiro atoms. The van der Waals surface area contributed by atoms with Gasteiger partial charge in [0.2, 0.25) is 5.91 Å². The fraction of sp³-hybridized carbons (Fsp3) is 0.500. The van der Waals surface area contributed by atoms with Crippen molar-refractivity contribution in [1.29, 1.82) is 0 Å². The first-order valence-electron chi connectivity index (χ1n) is 11.5. The largest absolute Gasteiger partial charge is 0.359 e. The van der Waals surface area contributed by atoms with Crippen molar-refractivity contribution in [2.75, 3.05) is 7.05 Å². The zero-order valence-electron chi connectivity index (χ0n) is 19.8. The van der Waals surface area contributed by atoms with Crippen LogP contribution in [0.25, 0.3) is 0 Å². The van der Waals surface area contributed by atoms with Crippen LogP contribution in [0.2, 0.25) is 0 Å². The second-order valence-corrected chi connectivity index (χ2v) is 9.67. The Morgan fingerprint density at radius 1 is 1.22 bits per heavy atom. The minimum atomic E-state index is -0.536. The van der Waals surface area contributed by atoms with Crippen LogP contribution in [0.3, 0.4) is 0 Å². The molecule has 6 heteroatoms. The molecule has 4 rings (SSSR count). The quantitative estimate of drug-likeness (QED) is 0.699. The van der Waals surface area contributed by atoms with Gasteiger partial charge >= 0.3 is 0 Å². The Bertz CT molecular complexity index is 1070. The number of nitrogens with one attached hydrogen (secondary N) is 1. The molecular formula is C26H34N4O2. The Hall–Kier alpha value is -2.89. The number of fused-ring (bicyclic) bond motifs is 2. The van der Waals surface area contributed by atoms with Crippen LogP contribution in [0.1, 0.15) is 66.8 Å². The van der Waals surface area contributed by atoms with Crippen molar-refractivity contribution >= 4 is 11.8 Å². The minimum Gasteiger partial charge on any atom is -0.359 e. The van der Waals surface area contributed by atoms with Crippen molar-refractivity contribution in [2.24, 2.45) is 5.41 Å². The van der Waals surface area contributed by atoms with Crippen LogP contribution in [0.15, 0.2) is 42.0 Å². The molecule has 32 heavy (non-hydrogen) atoms. The van der Waals surface area contributed by atoms with Crippen LogP contribution in [0.5, 0.6) is 0 Å². The highest BCUT2D eigenvalue weighted by atomic mass is 16.2. The van der Waals surface area contributed by atoms with E-state index in [1.807, 2.05) is 47.7 Å². The van der Waals surface area contributed by atoms with Crippen molar-refractivity contribution in [3.63, 3.8) is 0 Å². The van der Waals surface area contributed by atoms with Crippen LogP contribution in [-0.2, 0) is 11.3 Å². The molecule has 1 aromatic heterocycles. The summed E-state index contributed by atoms with van der Waals surface area (Å²) in [6.07, 6.45) is 5.41. The second kappa shape index (κ2) is 8.57. The fourth-order valence-corrected chi connectivity index (χ4v) is 5.64. The summed E-state index contributed by atoms with van der Waals surface area (Å²) < 4.78 is 1.97. The van der Waals surface area contributed by atoms with E-state index in [1.54, 1.807) is 7.05 Å². The lowest BCUT2D eigenvalue weighted by molar-refractivity contribution is -0.132. The number of aryl methyl sites for hydroxylation is 2. The summed E-state index contributed by atoms with van der Waals surface area (Å²) in [6.45, 7) is 8.78. The van der Waals surface area contributed by atoms with Gasteiger partial charge in [-0.05, 0) is 77.1 Å². The van der Waals surface area contributed by atoms with E-state index in [4.69, 9.17) is 0 Å². The molecule has 0 radical (unpaired) electrons. The zero-order chi connectivity index (χ0) is 23.0. The molecule has 2 aliphatic rings. The molecule has 170 valence electrons. The Morgan fingerprint density at radius 2 is 2.00 bits per heavy atom. The molecule has 2 aliphatic heterocycles. The Kier molecular flexibility index (Phi) is 5.97. The molecular weight excluding hydrogens is 400 g/mol. The second-order valence-electron chi connectivity index (χ2n) is 9.67. The van der Waals surface area contributed by atoms with Crippen LogP contribution in [0, 0.1) is 19.3 Å². The van der Waals surface area contributed by atoms with E-state index in [0.29, 0.717) is 18.5 Å². The molecule has 2 aromatic rings. The molecule has 2 saturated heterocycles. The van der Waals surface area contributed by atoms with Gasteiger partial charge in [0.25, 0.3) is 5.91 Å². The highest BCUT2D eigenvalue weighted by Gasteiger charge is 2.60. The summed E-state index contributed by atoms with van der Waals surface area (Å²) in [4.78, 5) is 28.7. The standard InChI is InChI=1S/C26H34N4O2/c1-17(2)11-12-26(25(32)27-5)15-22-9-10-23(26)30(22)24(31)21-8-6-7-20(14-21)16-29-19(4)13-18(3)28-29/h6-8,11,13-14,22-23H,9-10,12,15-16H2,1-5H3,(H,27,32)/t22-,23+,26+/m1/s1. The highest BCUT2D eigenvalue weighted by Crippen LogP contribution is 2.52. The van der Waals surface area contributed by atoms with Gasteiger partial charge in [0, 0.05) is 30.4 Å². The zero-order valence-corrected chi connectivity index (χ0v) is 19.8. The molecule has 2 fully saturated rings. The minimum absolute atomic E-state index is 0.0377. The average Bonchev–Trinajstić information content (AvgIpc) is 3.42. The summed E-state index contributed by atoms with van der Waals surface area (Å²) in [5, 5.41) is 7.43. The lowest BCUT2D eigenvalue weighted by Crippen LogP contribution is -2.49. The number of rotatable bonds is 6. The molecule has 6 nitrogen and oxygen atoms in total. The Labute approximate surface area is 190 Å². The monoisotopic (exact) mass is 434 g/mol. The molecule has 2 amide bonds. The van der Waals surface area contributed by atoms with Gasteiger partial charge in [0.1, 0.15) is 0 Å². The van der Waals surface area contributed by atoms with Crippen LogP contribution >= 0.6 is 0 Å². The van der Waals surface area contributed by atoms with Crippen molar-refractivity contribution in [3.05, 3.63) is 64.5 Å². The first-order valence-corrected chi connectivity index (χ1v) is 11.5. The Morgan fingerprint density at radius 3 is 2.66 bits per heavy atom. The molecule has 0 unspecified atom stereocenters. The smallest absolute Gasteiger partial charge is 0.254 e. The van der Waals surface area contributed by atoms with Crippen LogP contribution in [0.4, 0.5) is 0 Å². The van der Waals surface area contributed by atoms with E-state index in [2.05, 4.69) is 36.4 Å². The number of hydrogen-bond donors (Lipinski definition) is 1. The molecule has 1 N–H and O–H groups in total. The number of benzene rings is 1. The van der Waals surface area contributed by atoms with Crippen molar-refractivity contribution in [2.45, 2.75) is 72.0 Å². The lowest BCUT2D eigenvalue weighted by atomic mass is 9.70. The summed E-state index contributed by atoms with van der Waals surface area (Å²) in [5.74, 6) is 0.0916. The topological polar surface area (TPSA) is 67.2 Å². The van der Waals surface area contributed by atoms with Crippen LogP contribution < -0.4 is 5.32 Å². The number of hydrogen-bond acceptors (Lipinski definition) is 3. The predicted molar refractivity (Wildman–Crippen MR) is 125 cm³/mol. The summed E-state index contributed by atoms with van der Waals surface area (Å²) in [7, 11) is 1.70. The normalized spacial score (nSPS) is 24.0.